The Labute approximate surface area is 190 Å². The largest absolute Gasteiger partial charge is 0.364 e. The van der Waals surface area contributed by atoms with Gasteiger partial charge in [-0.15, -0.1) is 0 Å². The Bertz CT molecular complexity index is 1450. The number of hydrogen-bond donors (Lipinski definition) is 2. The van der Waals surface area contributed by atoms with Crippen molar-refractivity contribution in [3.63, 3.8) is 0 Å². The molecule has 4 heterocycles. The van der Waals surface area contributed by atoms with Crippen molar-refractivity contribution in [1.82, 2.24) is 15.0 Å². The Kier molecular flexibility index (Phi) is 4.64. The van der Waals surface area contributed by atoms with Gasteiger partial charge in [0.05, 0.1) is 22.1 Å². The summed E-state index contributed by atoms with van der Waals surface area (Å²) in [7, 11) is 0. The molecular weight excluding hydrogens is 414 g/mol. The number of pyridine rings is 3. The molecule has 0 radical (unpaired) electrons. The fourth-order valence-corrected chi connectivity index (χ4v) is 5.66. The molecule has 1 amide bonds. The molecule has 2 fully saturated rings. The Morgan fingerprint density at radius 2 is 1.82 bits per heavy atom. The minimum absolute atomic E-state index is 0.0132. The number of benzene rings is 1. The minimum atomic E-state index is -0.716. The number of aromatic amines is 1. The standard InChI is InChI=1S/C26H25N5O2/c27-25(33)24-23-20(9-10-28-24)29-21(12-22(23)32)18-11-15-5-3-4-8-19(15)30-26(18)31-13-16-6-1-2-7-17(16)14-31/h3-5,8-12,16-17H,1-2,6-7,13-14H2,(H2,27,33)(H,29,32). The molecule has 2 unspecified atom stereocenters. The van der Waals surface area contributed by atoms with E-state index in [-0.39, 0.29) is 16.5 Å². The van der Waals surface area contributed by atoms with E-state index >= 15 is 0 Å². The van der Waals surface area contributed by atoms with E-state index in [2.05, 4.69) is 20.9 Å². The third kappa shape index (κ3) is 3.35. The molecule has 6 rings (SSSR count). The number of H-pyrrole nitrogens is 1. The van der Waals surface area contributed by atoms with E-state index in [9.17, 15) is 9.59 Å². The van der Waals surface area contributed by atoms with Gasteiger partial charge in [-0.2, -0.15) is 0 Å². The van der Waals surface area contributed by atoms with E-state index in [1.807, 2.05) is 24.3 Å². The zero-order chi connectivity index (χ0) is 22.5. The minimum Gasteiger partial charge on any atom is -0.364 e. The molecule has 2 atom stereocenters. The lowest BCUT2D eigenvalue weighted by Crippen LogP contribution is -2.22. The second kappa shape index (κ2) is 7.69. The summed E-state index contributed by atoms with van der Waals surface area (Å²) < 4.78 is 0. The van der Waals surface area contributed by atoms with Gasteiger partial charge in [0.25, 0.3) is 5.91 Å². The van der Waals surface area contributed by atoms with E-state index in [1.165, 1.54) is 37.9 Å². The van der Waals surface area contributed by atoms with Crippen LogP contribution in [0.1, 0.15) is 36.2 Å². The number of nitrogens with two attached hydrogens (primary N) is 1. The van der Waals surface area contributed by atoms with Gasteiger partial charge in [-0.05, 0) is 42.9 Å². The van der Waals surface area contributed by atoms with E-state index in [0.29, 0.717) is 23.0 Å². The predicted octanol–water partition coefficient (Wildman–Crippen LogP) is 3.86. The topological polar surface area (TPSA) is 105 Å². The summed E-state index contributed by atoms with van der Waals surface area (Å²) in [5.74, 6) is 1.60. The van der Waals surface area contributed by atoms with Gasteiger partial charge in [-0.1, -0.05) is 31.0 Å². The van der Waals surface area contributed by atoms with Crippen molar-refractivity contribution in [2.24, 2.45) is 17.6 Å². The van der Waals surface area contributed by atoms with Crippen molar-refractivity contribution in [1.29, 1.82) is 0 Å². The normalized spacial score (nSPS) is 20.3. The summed E-state index contributed by atoms with van der Waals surface area (Å²) in [6.07, 6.45) is 6.66. The number of amides is 1. The van der Waals surface area contributed by atoms with Gasteiger partial charge in [0.15, 0.2) is 5.43 Å². The van der Waals surface area contributed by atoms with Crippen LogP contribution in [0.15, 0.2) is 53.5 Å². The summed E-state index contributed by atoms with van der Waals surface area (Å²) in [6, 6.07) is 13.4. The highest BCUT2D eigenvalue weighted by molar-refractivity contribution is 6.04. The second-order valence-electron chi connectivity index (χ2n) is 9.26. The number of nitrogens with one attached hydrogen (secondary N) is 1. The first-order chi connectivity index (χ1) is 16.1. The molecule has 0 bridgehead atoms. The fraction of sp³-hybridized carbons (Fsp3) is 0.308. The zero-order valence-electron chi connectivity index (χ0n) is 18.3. The lowest BCUT2D eigenvalue weighted by Gasteiger charge is -2.22. The van der Waals surface area contributed by atoms with E-state index in [1.54, 1.807) is 6.07 Å². The van der Waals surface area contributed by atoms with Gasteiger partial charge < -0.3 is 15.6 Å². The first-order valence-electron chi connectivity index (χ1n) is 11.6. The van der Waals surface area contributed by atoms with Crippen LogP contribution in [0.2, 0.25) is 0 Å². The summed E-state index contributed by atoms with van der Waals surface area (Å²) in [5, 5.41) is 1.23. The predicted molar refractivity (Wildman–Crippen MR) is 129 cm³/mol. The summed E-state index contributed by atoms with van der Waals surface area (Å²) >= 11 is 0. The monoisotopic (exact) mass is 439 g/mol. The highest BCUT2D eigenvalue weighted by Gasteiger charge is 2.36. The smallest absolute Gasteiger partial charge is 0.268 e. The van der Waals surface area contributed by atoms with Crippen LogP contribution >= 0.6 is 0 Å². The average Bonchev–Trinajstić information content (AvgIpc) is 3.27. The van der Waals surface area contributed by atoms with Crippen LogP contribution in [0, 0.1) is 11.8 Å². The van der Waals surface area contributed by atoms with Crippen molar-refractivity contribution >= 4 is 33.5 Å². The quantitative estimate of drug-likeness (QED) is 0.504. The lowest BCUT2D eigenvalue weighted by molar-refractivity contribution is 0.0997. The molecule has 4 aromatic rings. The number of para-hydroxylation sites is 1. The number of carbonyl (C=O) groups excluding carboxylic acids is 1. The number of rotatable bonds is 3. The number of primary amides is 1. The van der Waals surface area contributed by atoms with Crippen molar-refractivity contribution in [2.45, 2.75) is 25.7 Å². The molecule has 7 nitrogen and oxygen atoms in total. The van der Waals surface area contributed by atoms with Crippen molar-refractivity contribution < 1.29 is 4.79 Å². The molecule has 1 saturated heterocycles. The Morgan fingerprint density at radius 1 is 1.06 bits per heavy atom. The van der Waals surface area contributed by atoms with E-state index in [0.717, 1.165) is 35.4 Å². The maximum absolute atomic E-state index is 13.1. The average molecular weight is 440 g/mol. The number of hydrogen-bond acceptors (Lipinski definition) is 5. The number of nitrogens with zero attached hydrogens (tertiary/aromatic N) is 3. The van der Waals surface area contributed by atoms with Crippen molar-refractivity contribution in [2.75, 3.05) is 18.0 Å². The van der Waals surface area contributed by atoms with Crippen LogP contribution in [0.25, 0.3) is 33.1 Å². The summed E-state index contributed by atoms with van der Waals surface area (Å²) in [6.45, 7) is 1.99. The van der Waals surface area contributed by atoms with Gasteiger partial charge in [0.1, 0.15) is 11.5 Å². The number of carbonyl (C=O) groups is 1. The third-order valence-corrected chi connectivity index (χ3v) is 7.25. The molecular formula is C26H25N5O2. The molecule has 33 heavy (non-hydrogen) atoms. The molecule has 166 valence electrons. The van der Waals surface area contributed by atoms with Crippen LogP contribution in [0.5, 0.6) is 0 Å². The van der Waals surface area contributed by atoms with Crippen LogP contribution in [-0.4, -0.2) is 33.9 Å². The van der Waals surface area contributed by atoms with Crippen LogP contribution < -0.4 is 16.1 Å². The molecule has 7 heteroatoms. The maximum Gasteiger partial charge on any atom is 0.268 e. The van der Waals surface area contributed by atoms with Crippen LogP contribution in [0.3, 0.4) is 0 Å². The van der Waals surface area contributed by atoms with Crippen LogP contribution in [-0.2, 0) is 0 Å². The Morgan fingerprint density at radius 3 is 2.58 bits per heavy atom. The highest BCUT2D eigenvalue weighted by atomic mass is 16.1. The first-order valence-corrected chi connectivity index (χ1v) is 11.6. The molecule has 0 spiro atoms. The van der Waals surface area contributed by atoms with E-state index < -0.39 is 5.91 Å². The molecule has 3 N–H and O–H groups in total. The molecule has 1 aromatic carbocycles. The van der Waals surface area contributed by atoms with Gasteiger partial charge in [0.2, 0.25) is 0 Å². The van der Waals surface area contributed by atoms with Gasteiger partial charge in [-0.25, -0.2) is 4.98 Å². The summed E-state index contributed by atoms with van der Waals surface area (Å²) in [5.41, 5.74) is 8.21. The zero-order valence-corrected chi connectivity index (χ0v) is 18.3. The molecule has 1 aliphatic heterocycles. The fourth-order valence-electron chi connectivity index (χ4n) is 5.66. The molecule has 1 aliphatic carbocycles. The van der Waals surface area contributed by atoms with E-state index in [4.69, 9.17) is 10.7 Å². The number of fused-ring (bicyclic) bond motifs is 3. The van der Waals surface area contributed by atoms with Gasteiger partial charge >= 0.3 is 0 Å². The van der Waals surface area contributed by atoms with Crippen molar-refractivity contribution in [3.05, 3.63) is 64.6 Å². The molecule has 2 aliphatic rings. The lowest BCUT2D eigenvalue weighted by atomic mass is 9.82. The first kappa shape index (κ1) is 19.9. The highest BCUT2D eigenvalue weighted by Crippen LogP contribution is 2.41. The van der Waals surface area contributed by atoms with Gasteiger partial charge in [-0.3, -0.25) is 14.6 Å². The number of aromatic nitrogens is 3. The Balaban J connectivity index is 1.55. The van der Waals surface area contributed by atoms with Crippen molar-refractivity contribution in [3.8, 4) is 11.3 Å². The molecule has 3 aromatic heterocycles. The SMILES string of the molecule is NC(=O)c1nccc2[nH]c(-c3cc4ccccc4nc3N3CC4CCCCC4C3)cc(=O)c12. The molecule has 1 saturated carbocycles. The van der Waals surface area contributed by atoms with Crippen LogP contribution in [0.4, 0.5) is 5.82 Å². The third-order valence-electron chi connectivity index (χ3n) is 7.25. The Hall–Kier alpha value is -3.74. The van der Waals surface area contributed by atoms with Gasteiger partial charge in [0, 0.05) is 36.3 Å². The number of anilines is 1. The summed E-state index contributed by atoms with van der Waals surface area (Å²) in [4.78, 5) is 39.7. The second-order valence-corrected chi connectivity index (χ2v) is 9.26. The maximum atomic E-state index is 13.1.